The van der Waals surface area contributed by atoms with Crippen LogP contribution >= 0.6 is 7.82 Å². The van der Waals surface area contributed by atoms with Crippen LogP contribution in [0.2, 0.25) is 0 Å². The molecule has 0 saturated heterocycles. The molecule has 0 aromatic carbocycles. The Hall–Kier alpha value is -2.29. The highest BCUT2D eigenvalue weighted by molar-refractivity contribution is 7.45. The highest BCUT2D eigenvalue weighted by atomic mass is 31.2. The molecule has 76 heavy (non-hydrogen) atoms. The highest BCUT2D eigenvalue weighted by Gasteiger charge is 2.22. The number of allylic oxidation sites excluding steroid dienone is 10. The summed E-state index contributed by atoms with van der Waals surface area (Å²) in [4.78, 5) is 38.0. The van der Waals surface area contributed by atoms with Crippen LogP contribution in [-0.2, 0) is 32.7 Å². The lowest BCUT2D eigenvalue weighted by Gasteiger charge is -2.28. The van der Waals surface area contributed by atoms with E-state index >= 15 is 0 Å². The molecule has 0 aliphatic rings. The smallest absolute Gasteiger partial charge is 0.306 e. The van der Waals surface area contributed by atoms with Crippen molar-refractivity contribution >= 4 is 19.8 Å². The zero-order chi connectivity index (χ0) is 55.6. The number of hydrogen-bond acceptors (Lipinski definition) is 8. The first-order valence-corrected chi connectivity index (χ1v) is 33.5. The Morgan fingerprint density at radius 2 is 0.711 bits per heavy atom. The molecule has 0 amide bonds. The van der Waals surface area contributed by atoms with Gasteiger partial charge in [0.2, 0.25) is 0 Å². The summed E-state index contributed by atoms with van der Waals surface area (Å²) in [7, 11) is 1.17. The second-order valence-corrected chi connectivity index (χ2v) is 24.2. The zero-order valence-electron chi connectivity index (χ0n) is 50.5. The summed E-state index contributed by atoms with van der Waals surface area (Å²) in [5.74, 6) is -0.832. The zero-order valence-corrected chi connectivity index (χ0v) is 51.3. The first-order chi connectivity index (χ1) is 37.0. The second-order valence-electron chi connectivity index (χ2n) is 22.8. The Kier molecular flexibility index (Phi) is 55.7. The second kappa shape index (κ2) is 57.4. The highest BCUT2D eigenvalue weighted by Crippen LogP contribution is 2.38. The molecule has 0 fully saturated rings. The molecule has 0 aromatic rings. The molecule has 0 radical (unpaired) electrons. The monoisotopic (exact) mass is 1090 g/mol. The maximum atomic E-state index is 12.8. The largest absolute Gasteiger partial charge is 0.756 e. The van der Waals surface area contributed by atoms with Crippen LogP contribution in [-0.4, -0.2) is 70.0 Å². The molecule has 0 rings (SSSR count). The molecule has 444 valence electrons. The van der Waals surface area contributed by atoms with E-state index in [1.165, 1.54) is 199 Å². The van der Waals surface area contributed by atoms with Gasteiger partial charge in [0.15, 0.2) is 6.10 Å². The molecule has 10 heteroatoms. The van der Waals surface area contributed by atoms with Gasteiger partial charge in [-0.25, -0.2) is 0 Å². The molecule has 0 heterocycles. The van der Waals surface area contributed by atoms with Crippen molar-refractivity contribution in [2.45, 2.75) is 302 Å². The van der Waals surface area contributed by atoms with Crippen LogP contribution in [0, 0.1) is 0 Å². The third-order valence-corrected chi connectivity index (χ3v) is 15.0. The molecule has 0 saturated carbocycles. The minimum atomic E-state index is -4.64. The van der Waals surface area contributed by atoms with Gasteiger partial charge < -0.3 is 27.9 Å². The van der Waals surface area contributed by atoms with Gasteiger partial charge in [-0.15, -0.1) is 0 Å². The van der Waals surface area contributed by atoms with Gasteiger partial charge in [0.25, 0.3) is 7.82 Å². The van der Waals surface area contributed by atoms with Crippen LogP contribution < -0.4 is 4.89 Å². The predicted molar refractivity (Wildman–Crippen MR) is 323 cm³/mol. The topological polar surface area (TPSA) is 111 Å². The average molecular weight is 1090 g/mol. The Morgan fingerprint density at radius 3 is 1.05 bits per heavy atom. The molecule has 2 atom stereocenters. The number of esters is 2. The van der Waals surface area contributed by atoms with E-state index in [9.17, 15) is 19.0 Å². The SMILES string of the molecule is CCCCCCC/C=C\C/C=C\C/C=C\CCCCCCCCCCC(=O)OC(COC(=O)CCCCCCCCCCCCCCCCCCC/C=C\C/C=C\CCCCCCC)COP(=O)([O-])OCC[N+](C)(C)C. The minimum Gasteiger partial charge on any atom is -0.756 e. The maximum Gasteiger partial charge on any atom is 0.306 e. The van der Waals surface area contributed by atoms with E-state index in [1.54, 1.807) is 0 Å². The van der Waals surface area contributed by atoms with Gasteiger partial charge >= 0.3 is 11.9 Å². The van der Waals surface area contributed by atoms with Crippen LogP contribution in [0.15, 0.2) is 60.8 Å². The van der Waals surface area contributed by atoms with Crippen molar-refractivity contribution in [3.63, 3.8) is 0 Å². The van der Waals surface area contributed by atoms with Gasteiger partial charge in [-0.3, -0.25) is 14.2 Å². The predicted octanol–water partition coefficient (Wildman–Crippen LogP) is 19.6. The van der Waals surface area contributed by atoms with Gasteiger partial charge in [-0.2, -0.15) is 0 Å². The standard InChI is InChI=1S/C66H122NO8P/c1-6-8-10-12-14-16-18-20-22-24-26-28-30-31-32-33-34-35-37-38-40-42-44-46-48-50-52-54-56-58-65(68)72-62-64(63-74-76(70,71)73-61-60-67(3,4)5)75-66(69)59-57-55-53-51-49-47-45-43-41-39-36-29-27-25-23-21-19-17-15-13-11-9-7-2/h18-21,24-27,36,39,64H,6-17,22-23,28-35,37-38,40-63H2,1-5H3/b20-18-,21-19-,26-24-,27-25-,39-36-. The number of phosphoric acid groups is 1. The fourth-order valence-electron chi connectivity index (χ4n) is 9.05. The first kappa shape index (κ1) is 73.7. The van der Waals surface area contributed by atoms with Gasteiger partial charge in [0.1, 0.15) is 19.8 Å². The lowest BCUT2D eigenvalue weighted by atomic mass is 10.0. The summed E-state index contributed by atoms with van der Waals surface area (Å²) < 4.78 is 34.2. The van der Waals surface area contributed by atoms with Crippen LogP contribution in [0.5, 0.6) is 0 Å². The Bertz CT molecular complexity index is 1470. The summed E-state index contributed by atoms with van der Waals surface area (Å²) in [6.07, 6.45) is 74.2. The summed E-state index contributed by atoms with van der Waals surface area (Å²) in [5, 5.41) is 0. The molecule has 0 aromatic heterocycles. The van der Waals surface area contributed by atoms with Crippen LogP contribution in [0.1, 0.15) is 296 Å². The normalized spacial score (nSPS) is 13.6. The van der Waals surface area contributed by atoms with Crippen LogP contribution in [0.25, 0.3) is 0 Å². The van der Waals surface area contributed by atoms with E-state index in [2.05, 4.69) is 74.6 Å². The number of nitrogens with zero attached hydrogens (tertiary/aromatic N) is 1. The number of hydrogen-bond donors (Lipinski definition) is 0. The van der Waals surface area contributed by atoms with Crippen molar-refractivity contribution in [3.8, 4) is 0 Å². The third kappa shape index (κ3) is 60.9. The van der Waals surface area contributed by atoms with Gasteiger partial charge in [-0.05, 0) is 83.5 Å². The van der Waals surface area contributed by atoms with E-state index in [-0.39, 0.29) is 32.0 Å². The Balaban J connectivity index is 4.09. The molecule has 0 aliphatic heterocycles. The quantitative estimate of drug-likeness (QED) is 0.0195. The first-order valence-electron chi connectivity index (χ1n) is 32.0. The van der Waals surface area contributed by atoms with Crippen molar-refractivity contribution in [3.05, 3.63) is 60.8 Å². The number of unbranched alkanes of at least 4 members (excludes halogenated alkanes) is 35. The van der Waals surface area contributed by atoms with Crippen molar-refractivity contribution in [1.29, 1.82) is 0 Å². The van der Waals surface area contributed by atoms with Crippen molar-refractivity contribution in [2.24, 2.45) is 0 Å². The van der Waals surface area contributed by atoms with Crippen molar-refractivity contribution < 1.29 is 42.1 Å². The number of carbonyl (C=O) groups excluding carboxylic acids is 2. The molecule has 9 nitrogen and oxygen atoms in total. The number of quaternary nitrogens is 1. The van der Waals surface area contributed by atoms with E-state index in [0.717, 1.165) is 64.2 Å². The summed E-state index contributed by atoms with van der Waals surface area (Å²) in [6.45, 7) is 4.24. The lowest BCUT2D eigenvalue weighted by molar-refractivity contribution is -0.870. The molecule has 0 aliphatic carbocycles. The fraction of sp³-hybridized carbons (Fsp3) is 0.818. The molecular formula is C66H122NO8P. The van der Waals surface area contributed by atoms with Crippen molar-refractivity contribution in [2.75, 3.05) is 47.5 Å². The molecule has 0 N–H and O–H groups in total. The summed E-state index contributed by atoms with van der Waals surface area (Å²) in [6, 6.07) is 0. The Morgan fingerprint density at radius 1 is 0.408 bits per heavy atom. The number of likely N-dealkylation sites (N-methyl/N-ethyl adjacent to an activating group) is 1. The Labute approximate surface area is 470 Å². The van der Waals surface area contributed by atoms with Crippen LogP contribution in [0.3, 0.4) is 0 Å². The van der Waals surface area contributed by atoms with Crippen LogP contribution in [0.4, 0.5) is 0 Å². The van der Waals surface area contributed by atoms with E-state index in [4.69, 9.17) is 18.5 Å². The minimum absolute atomic E-state index is 0.0331. The lowest BCUT2D eigenvalue weighted by Crippen LogP contribution is -2.37. The van der Waals surface area contributed by atoms with E-state index < -0.39 is 26.5 Å². The number of rotatable bonds is 59. The fourth-order valence-corrected chi connectivity index (χ4v) is 9.78. The molecular weight excluding hydrogens is 966 g/mol. The maximum absolute atomic E-state index is 12.8. The van der Waals surface area contributed by atoms with Crippen molar-refractivity contribution in [1.82, 2.24) is 0 Å². The summed E-state index contributed by atoms with van der Waals surface area (Å²) >= 11 is 0. The van der Waals surface area contributed by atoms with Gasteiger partial charge in [0, 0.05) is 12.8 Å². The molecule has 2 unspecified atom stereocenters. The summed E-state index contributed by atoms with van der Waals surface area (Å²) in [5.41, 5.74) is 0. The van der Waals surface area contributed by atoms with Gasteiger partial charge in [-0.1, -0.05) is 261 Å². The van der Waals surface area contributed by atoms with E-state index in [0.29, 0.717) is 17.4 Å². The number of carbonyl (C=O) groups is 2. The third-order valence-electron chi connectivity index (χ3n) is 14.0. The van der Waals surface area contributed by atoms with Gasteiger partial charge in [0.05, 0.1) is 27.7 Å². The molecule has 0 bridgehead atoms. The molecule has 0 spiro atoms. The number of ether oxygens (including phenoxy) is 2. The van der Waals surface area contributed by atoms with E-state index in [1.807, 2.05) is 21.1 Å². The number of phosphoric ester groups is 1. The average Bonchev–Trinajstić information content (AvgIpc) is 3.38.